The van der Waals surface area contributed by atoms with Crippen molar-refractivity contribution in [2.75, 3.05) is 39.5 Å². The second-order valence-corrected chi connectivity index (χ2v) is 10.2. The number of hydrogen-bond acceptors (Lipinski definition) is 7. The Morgan fingerprint density at radius 1 is 0.821 bits per heavy atom. The lowest BCUT2D eigenvalue weighted by Crippen LogP contribution is -2.40. The van der Waals surface area contributed by atoms with Crippen LogP contribution in [0.4, 0.5) is 9.59 Å². The molecule has 0 aliphatic heterocycles. The summed E-state index contributed by atoms with van der Waals surface area (Å²) in [6, 6.07) is 0. The minimum atomic E-state index is -3.52. The molecule has 0 saturated heterocycles. The zero-order chi connectivity index (χ0) is 22.2. The Hall–Kier alpha value is -1.55. The normalized spacial score (nSPS) is 12.4. The van der Waals surface area contributed by atoms with Crippen molar-refractivity contribution in [3.05, 3.63) is 0 Å². The van der Waals surface area contributed by atoms with Crippen molar-refractivity contribution in [3.8, 4) is 0 Å². The first-order chi connectivity index (χ1) is 12.5. The summed E-state index contributed by atoms with van der Waals surface area (Å²) in [6.07, 6.45) is 0.908. The van der Waals surface area contributed by atoms with E-state index in [0.717, 1.165) is 6.26 Å². The highest BCUT2D eigenvalue weighted by molar-refractivity contribution is 7.85. The fraction of sp³-hybridized carbons (Fsp3) is 0.889. The molecule has 0 aromatic heterocycles. The van der Waals surface area contributed by atoms with Crippen molar-refractivity contribution >= 4 is 22.3 Å². The molecule has 9 nitrogen and oxygen atoms in total. The van der Waals surface area contributed by atoms with E-state index >= 15 is 0 Å². The van der Waals surface area contributed by atoms with Crippen LogP contribution in [0.15, 0.2) is 0 Å². The highest BCUT2D eigenvalue weighted by Gasteiger charge is 2.23. The van der Waals surface area contributed by atoms with Gasteiger partial charge in [0, 0.05) is 26.7 Å². The number of carbonyl (C=O) groups excluding carboxylic acids is 2. The molecule has 10 heteroatoms. The number of hydrogen-bond donors (Lipinski definition) is 0. The molecule has 0 aromatic rings. The Morgan fingerprint density at radius 2 is 1.29 bits per heavy atom. The lowest BCUT2D eigenvalue weighted by atomic mass is 10.2. The van der Waals surface area contributed by atoms with Crippen LogP contribution >= 0.6 is 0 Å². The Labute approximate surface area is 169 Å². The number of carbonyl (C=O) groups is 2. The van der Waals surface area contributed by atoms with Crippen LogP contribution in [-0.2, 0) is 23.8 Å². The van der Waals surface area contributed by atoms with E-state index in [4.69, 9.17) is 13.7 Å². The molecular formula is C18H36N2O7S. The second kappa shape index (κ2) is 10.8. The maximum atomic E-state index is 12.4. The summed E-state index contributed by atoms with van der Waals surface area (Å²) in [5.41, 5.74) is -1.22. The molecule has 0 rings (SSSR count). The zero-order valence-electron chi connectivity index (χ0n) is 18.4. The van der Waals surface area contributed by atoms with Gasteiger partial charge in [0.2, 0.25) is 0 Å². The summed E-state index contributed by atoms with van der Waals surface area (Å²) in [6.45, 7) is 11.7. The van der Waals surface area contributed by atoms with Crippen molar-refractivity contribution < 1.29 is 31.7 Å². The minimum Gasteiger partial charge on any atom is -0.444 e. The van der Waals surface area contributed by atoms with Gasteiger partial charge in [-0.1, -0.05) is 0 Å². The Bertz CT molecular complexity index is 606. The van der Waals surface area contributed by atoms with E-state index in [1.807, 2.05) is 0 Å². The summed E-state index contributed by atoms with van der Waals surface area (Å²) in [7, 11) is -1.89. The molecule has 2 amide bonds. The third-order valence-corrected chi connectivity index (χ3v) is 3.74. The van der Waals surface area contributed by atoms with Gasteiger partial charge < -0.3 is 19.3 Å². The Morgan fingerprint density at radius 3 is 1.75 bits per heavy atom. The van der Waals surface area contributed by atoms with E-state index < -0.39 is 33.5 Å². The Balaban J connectivity index is 4.66. The van der Waals surface area contributed by atoms with E-state index in [1.54, 1.807) is 48.6 Å². The van der Waals surface area contributed by atoms with Crippen molar-refractivity contribution in [2.45, 2.75) is 65.6 Å². The molecule has 28 heavy (non-hydrogen) atoms. The van der Waals surface area contributed by atoms with Crippen LogP contribution in [0, 0.1) is 0 Å². The van der Waals surface area contributed by atoms with Gasteiger partial charge in [-0.25, -0.2) is 9.59 Å². The molecule has 166 valence electrons. The lowest BCUT2D eigenvalue weighted by Gasteiger charge is -2.28. The van der Waals surface area contributed by atoms with Crippen LogP contribution in [0.3, 0.4) is 0 Å². The predicted molar refractivity (Wildman–Crippen MR) is 107 cm³/mol. The monoisotopic (exact) mass is 424 g/mol. The van der Waals surface area contributed by atoms with Gasteiger partial charge in [0.1, 0.15) is 11.2 Å². The van der Waals surface area contributed by atoms with E-state index in [2.05, 4.69) is 0 Å². The SMILES string of the molecule is CN(CCCN(CCCOS(C)(=O)=O)C(=O)OC(C)(C)C)C(=O)OC(C)(C)C. The summed E-state index contributed by atoms with van der Waals surface area (Å²) in [4.78, 5) is 27.3. The molecule has 0 aromatic carbocycles. The first kappa shape index (κ1) is 26.4. The fourth-order valence-corrected chi connectivity index (χ4v) is 2.44. The quantitative estimate of drug-likeness (QED) is 0.414. The zero-order valence-corrected chi connectivity index (χ0v) is 19.2. The number of amides is 2. The van der Waals surface area contributed by atoms with Crippen molar-refractivity contribution in [3.63, 3.8) is 0 Å². The van der Waals surface area contributed by atoms with E-state index in [0.29, 0.717) is 25.9 Å². The number of rotatable bonds is 9. The Kier molecular flexibility index (Phi) is 10.2. The third-order valence-electron chi connectivity index (χ3n) is 3.15. The van der Waals surface area contributed by atoms with Crippen LogP contribution in [0.25, 0.3) is 0 Å². The molecule has 0 aliphatic rings. The molecule has 0 N–H and O–H groups in total. The molecule has 0 unspecified atom stereocenters. The first-order valence-corrected chi connectivity index (χ1v) is 11.1. The van der Waals surface area contributed by atoms with Gasteiger partial charge in [0.15, 0.2) is 0 Å². The van der Waals surface area contributed by atoms with Gasteiger partial charge in [-0.15, -0.1) is 0 Å². The van der Waals surface area contributed by atoms with Gasteiger partial charge in [0.05, 0.1) is 12.9 Å². The summed E-state index contributed by atoms with van der Waals surface area (Å²) in [5, 5.41) is 0. The van der Waals surface area contributed by atoms with Crippen LogP contribution in [0.1, 0.15) is 54.4 Å². The molecule has 0 fully saturated rings. The third kappa shape index (κ3) is 14.5. The van der Waals surface area contributed by atoms with Gasteiger partial charge in [-0.05, 0) is 54.4 Å². The maximum absolute atomic E-state index is 12.4. The summed E-state index contributed by atoms with van der Waals surface area (Å²) >= 11 is 0. The minimum absolute atomic E-state index is 0.0179. The molecule has 0 saturated carbocycles. The average molecular weight is 425 g/mol. The number of nitrogens with zero attached hydrogens (tertiary/aromatic N) is 2. The first-order valence-electron chi connectivity index (χ1n) is 9.26. The van der Waals surface area contributed by atoms with Gasteiger partial charge in [-0.2, -0.15) is 8.42 Å². The molecule has 0 spiro atoms. The van der Waals surface area contributed by atoms with E-state index in [9.17, 15) is 18.0 Å². The molecular weight excluding hydrogens is 388 g/mol. The molecule has 0 atom stereocenters. The van der Waals surface area contributed by atoms with Crippen molar-refractivity contribution in [2.24, 2.45) is 0 Å². The standard InChI is InChI=1S/C18H36N2O7S/c1-17(2,3)26-15(21)19(7)11-9-12-20(16(22)27-18(4,5)6)13-10-14-25-28(8,23)24/h9-14H2,1-8H3. The van der Waals surface area contributed by atoms with Crippen LogP contribution < -0.4 is 0 Å². The fourth-order valence-electron chi connectivity index (χ4n) is 2.02. The van der Waals surface area contributed by atoms with Crippen LogP contribution in [0.2, 0.25) is 0 Å². The topological polar surface area (TPSA) is 102 Å². The van der Waals surface area contributed by atoms with Gasteiger partial charge >= 0.3 is 12.2 Å². The molecule has 0 aliphatic carbocycles. The van der Waals surface area contributed by atoms with Gasteiger partial charge in [0.25, 0.3) is 10.1 Å². The largest absolute Gasteiger partial charge is 0.444 e. The summed E-state index contributed by atoms with van der Waals surface area (Å²) < 4.78 is 37.4. The number of ether oxygens (including phenoxy) is 2. The van der Waals surface area contributed by atoms with Gasteiger partial charge in [-0.3, -0.25) is 4.18 Å². The smallest absolute Gasteiger partial charge is 0.410 e. The van der Waals surface area contributed by atoms with Crippen LogP contribution in [-0.4, -0.2) is 81.2 Å². The highest BCUT2D eigenvalue weighted by atomic mass is 32.2. The van der Waals surface area contributed by atoms with E-state index in [-0.39, 0.29) is 13.2 Å². The highest BCUT2D eigenvalue weighted by Crippen LogP contribution is 2.12. The van der Waals surface area contributed by atoms with Crippen LogP contribution in [0.5, 0.6) is 0 Å². The average Bonchev–Trinajstić information content (AvgIpc) is 2.44. The van der Waals surface area contributed by atoms with E-state index in [1.165, 1.54) is 9.80 Å². The van der Waals surface area contributed by atoms with Crippen molar-refractivity contribution in [1.29, 1.82) is 0 Å². The second-order valence-electron chi connectivity index (χ2n) is 8.60. The van der Waals surface area contributed by atoms with Crippen molar-refractivity contribution in [1.82, 2.24) is 9.80 Å². The lowest BCUT2D eigenvalue weighted by molar-refractivity contribution is 0.0221. The predicted octanol–water partition coefficient (Wildman–Crippen LogP) is 2.85. The maximum Gasteiger partial charge on any atom is 0.410 e. The molecule has 0 radical (unpaired) electrons. The molecule has 0 bridgehead atoms. The summed E-state index contributed by atoms with van der Waals surface area (Å²) in [5.74, 6) is 0. The molecule has 0 heterocycles.